The third kappa shape index (κ3) is 2.08. The maximum absolute atomic E-state index is 4.43. The number of para-hydroxylation sites is 1. The van der Waals surface area contributed by atoms with Crippen LogP contribution in [0.25, 0.3) is 10.9 Å². The van der Waals surface area contributed by atoms with E-state index in [0.29, 0.717) is 0 Å². The molecule has 0 N–H and O–H groups in total. The van der Waals surface area contributed by atoms with Crippen LogP contribution in [0.5, 0.6) is 0 Å². The average molecular weight is 239 g/mol. The molecule has 1 aromatic heterocycles. The Hall–Kier alpha value is -1.55. The summed E-state index contributed by atoms with van der Waals surface area (Å²) in [6, 6.07) is 10.5. The Morgan fingerprint density at radius 1 is 1.06 bits per heavy atom. The van der Waals surface area contributed by atoms with Gasteiger partial charge in [-0.15, -0.1) is 0 Å². The van der Waals surface area contributed by atoms with Gasteiger partial charge in [0.25, 0.3) is 0 Å². The minimum absolute atomic E-state index is 1.09. The molecule has 1 aliphatic rings. The lowest BCUT2D eigenvalue weighted by Gasteiger charge is -2.36. The van der Waals surface area contributed by atoms with E-state index in [0.717, 1.165) is 39.1 Å². The van der Waals surface area contributed by atoms with Gasteiger partial charge in [0.1, 0.15) is 0 Å². The van der Waals surface area contributed by atoms with Gasteiger partial charge in [0.2, 0.25) is 7.41 Å². The summed E-state index contributed by atoms with van der Waals surface area (Å²) in [5.74, 6) is 0. The second kappa shape index (κ2) is 4.98. The van der Waals surface area contributed by atoms with Gasteiger partial charge >= 0.3 is 0 Å². The normalized spacial score (nSPS) is 17.1. The van der Waals surface area contributed by atoms with Gasteiger partial charge < -0.3 is 9.71 Å². The van der Waals surface area contributed by atoms with Crippen molar-refractivity contribution >= 4 is 24.0 Å². The number of benzene rings is 1. The second-order valence-corrected chi connectivity index (χ2v) is 4.77. The molecule has 0 radical (unpaired) electrons. The van der Waals surface area contributed by atoms with E-state index in [1.807, 2.05) is 12.3 Å². The first kappa shape index (κ1) is 11.5. The van der Waals surface area contributed by atoms with Gasteiger partial charge in [-0.25, -0.2) is 0 Å². The molecule has 1 saturated heterocycles. The molecule has 92 valence electrons. The van der Waals surface area contributed by atoms with Gasteiger partial charge in [-0.05, 0) is 12.1 Å². The van der Waals surface area contributed by atoms with Crippen molar-refractivity contribution < 1.29 is 0 Å². The quantitative estimate of drug-likeness (QED) is 0.744. The highest BCUT2D eigenvalue weighted by molar-refractivity contribution is 6.29. The Labute approximate surface area is 109 Å². The first-order chi connectivity index (χ1) is 8.88. The standard InChI is InChI=1S/C14H18BN3/c1-15-18-10-8-17(9-11-18)14-6-7-16-13-5-3-2-4-12(13)14/h2-7,15H,8-11H2,1H3. The number of hydrogen-bond donors (Lipinski definition) is 0. The zero-order valence-corrected chi connectivity index (χ0v) is 10.8. The van der Waals surface area contributed by atoms with Crippen molar-refractivity contribution in [2.75, 3.05) is 31.1 Å². The molecular formula is C14H18BN3. The molecule has 0 spiro atoms. The summed E-state index contributed by atoms with van der Waals surface area (Å²) < 4.78 is 0. The number of pyridine rings is 1. The first-order valence-electron chi connectivity index (χ1n) is 6.69. The summed E-state index contributed by atoms with van der Waals surface area (Å²) in [5, 5.41) is 1.27. The Kier molecular flexibility index (Phi) is 3.20. The van der Waals surface area contributed by atoms with Crippen molar-refractivity contribution in [3.8, 4) is 0 Å². The van der Waals surface area contributed by atoms with Gasteiger partial charge in [-0.2, -0.15) is 0 Å². The predicted molar refractivity (Wildman–Crippen MR) is 78.5 cm³/mol. The van der Waals surface area contributed by atoms with Crippen molar-refractivity contribution in [2.45, 2.75) is 6.82 Å². The molecule has 2 aromatic rings. The molecule has 1 aliphatic heterocycles. The van der Waals surface area contributed by atoms with E-state index in [9.17, 15) is 0 Å². The van der Waals surface area contributed by atoms with E-state index in [1.165, 1.54) is 11.1 Å². The van der Waals surface area contributed by atoms with E-state index < -0.39 is 0 Å². The van der Waals surface area contributed by atoms with Crippen molar-refractivity contribution in [1.29, 1.82) is 0 Å². The molecule has 1 fully saturated rings. The lowest BCUT2D eigenvalue weighted by Crippen LogP contribution is -2.47. The second-order valence-electron chi connectivity index (χ2n) is 4.77. The molecule has 0 unspecified atom stereocenters. The molecule has 2 heterocycles. The fourth-order valence-corrected chi connectivity index (χ4v) is 2.66. The number of rotatable bonds is 2. The number of fused-ring (bicyclic) bond motifs is 1. The van der Waals surface area contributed by atoms with Gasteiger partial charge in [0.05, 0.1) is 5.52 Å². The van der Waals surface area contributed by atoms with Gasteiger partial charge in [0, 0.05) is 43.4 Å². The van der Waals surface area contributed by atoms with Crippen LogP contribution >= 0.6 is 0 Å². The van der Waals surface area contributed by atoms with Crippen molar-refractivity contribution in [3.05, 3.63) is 36.5 Å². The third-order valence-corrected chi connectivity index (χ3v) is 3.79. The molecule has 3 rings (SSSR count). The average Bonchev–Trinajstić information content (AvgIpc) is 2.47. The maximum atomic E-state index is 4.43. The first-order valence-corrected chi connectivity index (χ1v) is 6.69. The van der Waals surface area contributed by atoms with Crippen LogP contribution in [-0.2, 0) is 0 Å². The predicted octanol–water partition coefficient (Wildman–Crippen LogP) is 1.76. The van der Waals surface area contributed by atoms with Crippen LogP contribution in [-0.4, -0.2) is 43.4 Å². The number of nitrogens with zero attached hydrogens (tertiary/aromatic N) is 3. The molecule has 3 nitrogen and oxygen atoms in total. The van der Waals surface area contributed by atoms with E-state index in [4.69, 9.17) is 0 Å². The van der Waals surface area contributed by atoms with Crippen molar-refractivity contribution in [2.24, 2.45) is 0 Å². The van der Waals surface area contributed by atoms with Crippen LogP contribution in [0.1, 0.15) is 0 Å². The van der Waals surface area contributed by atoms with Crippen LogP contribution < -0.4 is 4.90 Å². The monoisotopic (exact) mass is 239 g/mol. The van der Waals surface area contributed by atoms with E-state index in [-0.39, 0.29) is 0 Å². The maximum Gasteiger partial charge on any atom is 0.201 e. The van der Waals surface area contributed by atoms with Crippen LogP contribution in [0, 0.1) is 0 Å². The van der Waals surface area contributed by atoms with E-state index in [2.05, 4.69) is 45.8 Å². The summed E-state index contributed by atoms with van der Waals surface area (Å²) in [7, 11) is 1.16. The molecule has 0 amide bonds. The van der Waals surface area contributed by atoms with E-state index in [1.54, 1.807) is 0 Å². The Bertz CT molecular complexity index is 530. The highest BCUT2D eigenvalue weighted by Crippen LogP contribution is 2.25. The number of aromatic nitrogens is 1. The number of anilines is 1. The van der Waals surface area contributed by atoms with Crippen LogP contribution in [0.3, 0.4) is 0 Å². The van der Waals surface area contributed by atoms with Gasteiger partial charge in [-0.1, -0.05) is 25.0 Å². The lowest BCUT2D eigenvalue weighted by atomic mass is 9.94. The van der Waals surface area contributed by atoms with Gasteiger partial charge in [-0.3, -0.25) is 4.98 Å². The largest absolute Gasteiger partial charge is 0.368 e. The summed E-state index contributed by atoms with van der Waals surface area (Å²) in [6.07, 6.45) is 1.92. The third-order valence-electron chi connectivity index (χ3n) is 3.79. The zero-order valence-electron chi connectivity index (χ0n) is 10.8. The van der Waals surface area contributed by atoms with Crippen LogP contribution in [0.2, 0.25) is 6.82 Å². The van der Waals surface area contributed by atoms with Crippen LogP contribution in [0.15, 0.2) is 36.5 Å². The molecule has 0 aliphatic carbocycles. The Morgan fingerprint density at radius 3 is 2.61 bits per heavy atom. The smallest absolute Gasteiger partial charge is 0.201 e. The summed E-state index contributed by atoms with van der Waals surface area (Å²) in [4.78, 5) is 9.41. The lowest BCUT2D eigenvalue weighted by molar-refractivity contribution is 0.408. The van der Waals surface area contributed by atoms with E-state index >= 15 is 0 Å². The fourth-order valence-electron chi connectivity index (χ4n) is 2.66. The molecule has 1 aromatic carbocycles. The van der Waals surface area contributed by atoms with Crippen molar-refractivity contribution in [1.82, 2.24) is 9.79 Å². The summed E-state index contributed by atoms with van der Waals surface area (Å²) in [6.45, 7) is 6.78. The molecular weight excluding hydrogens is 221 g/mol. The van der Waals surface area contributed by atoms with Crippen LogP contribution in [0.4, 0.5) is 5.69 Å². The highest BCUT2D eigenvalue weighted by Gasteiger charge is 2.17. The molecule has 4 heteroatoms. The zero-order chi connectivity index (χ0) is 12.4. The highest BCUT2D eigenvalue weighted by atomic mass is 15.2. The number of piperazine rings is 1. The van der Waals surface area contributed by atoms with Gasteiger partial charge in [0.15, 0.2) is 0 Å². The molecule has 18 heavy (non-hydrogen) atoms. The Morgan fingerprint density at radius 2 is 1.83 bits per heavy atom. The topological polar surface area (TPSA) is 19.4 Å². The molecule has 0 saturated carbocycles. The minimum atomic E-state index is 1.09. The Balaban J connectivity index is 1.91. The molecule has 0 bridgehead atoms. The molecule has 0 atom stereocenters. The SMILES string of the molecule is CBN1CCN(c2ccnc3ccccc23)CC1. The summed E-state index contributed by atoms with van der Waals surface area (Å²) >= 11 is 0. The van der Waals surface area contributed by atoms with Crippen molar-refractivity contribution in [3.63, 3.8) is 0 Å². The minimum Gasteiger partial charge on any atom is -0.368 e. The summed E-state index contributed by atoms with van der Waals surface area (Å²) in [5.41, 5.74) is 2.42. The fraction of sp³-hybridized carbons (Fsp3) is 0.357. The number of hydrogen-bond acceptors (Lipinski definition) is 3.